The van der Waals surface area contributed by atoms with E-state index in [0.717, 1.165) is 43.9 Å². The van der Waals surface area contributed by atoms with E-state index in [4.69, 9.17) is 11.5 Å². The van der Waals surface area contributed by atoms with E-state index in [2.05, 4.69) is 34.0 Å². The molecule has 1 aromatic heterocycles. The maximum absolute atomic E-state index is 11.4. The van der Waals surface area contributed by atoms with Gasteiger partial charge in [0, 0.05) is 44.5 Å². The van der Waals surface area contributed by atoms with Crippen molar-refractivity contribution in [2.24, 2.45) is 5.73 Å². The Kier molecular flexibility index (Phi) is 4.78. The normalized spacial score (nSPS) is 16.2. The number of carbonyl (C=O) groups is 1. The number of benzene rings is 1. The van der Waals surface area contributed by atoms with Crippen molar-refractivity contribution in [1.82, 2.24) is 14.8 Å². The van der Waals surface area contributed by atoms with Gasteiger partial charge < -0.3 is 16.4 Å². The standard InChI is InChI=1S/C18H23N5O/c1-22-6-8-23(9-7-22)12-13-2-4-14(5-3-13)15-10-16(18(20)24)17(19)21-11-15/h2-5,10-11H,6-9,12H2,1H3,(H2,19,21)(H2,20,24). The SMILES string of the molecule is CN1CCN(Cc2ccc(-c3cnc(N)c(C(N)=O)c3)cc2)CC1. The summed E-state index contributed by atoms with van der Waals surface area (Å²) >= 11 is 0. The molecule has 1 amide bonds. The Morgan fingerprint density at radius 2 is 1.79 bits per heavy atom. The molecule has 126 valence electrons. The highest BCUT2D eigenvalue weighted by molar-refractivity contribution is 5.98. The second kappa shape index (κ2) is 6.98. The van der Waals surface area contributed by atoms with Gasteiger partial charge in [-0.1, -0.05) is 24.3 Å². The molecule has 6 nitrogen and oxygen atoms in total. The number of hydrogen-bond acceptors (Lipinski definition) is 5. The van der Waals surface area contributed by atoms with Crippen LogP contribution in [0.4, 0.5) is 5.82 Å². The number of nitrogen functional groups attached to an aromatic ring is 1. The molecule has 0 bridgehead atoms. The van der Waals surface area contributed by atoms with E-state index in [-0.39, 0.29) is 11.4 Å². The molecule has 2 aromatic rings. The zero-order valence-electron chi connectivity index (χ0n) is 13.9. The van der Waals surface area contributed by atoms with Crippen LogP contribution in [-0.2, 0) is 6.54 Å². The minimum absolute atomic E-state index is 0.165. The fourth-order valence-corrected chi connectivity index (χ4v) is 2.90. The number of aromatic nitrogens is 1. The summed E-state index contributed by atoms with van der Waals surface area (Å²) in [5.41, 5.74) is 14.4. The van der Waals surface area contributed by atoms with Gasteiger partial charge in [-0.15, -0.1) is 0 Å². The highest BCUT2D eigenvalue weighted by Crippen LogP contribution is 2.22. The predicted octanol–water partition coefficient (Wildman–Crippen LogP) is 1.18. The number of nitrogens with zero attached hydrogens (tertiary/aromatic N) is 3. The van der Waals surface area contributed by atoms with E-state index in [1.54, 1.807) is 12.3 Å². The van der Waals surface area contributed by atoms with Crippen LogP contribution in [0.25, 0.3) is 11.1 Å². The summed E-state index contributed by atoms with van der Waals surface area (Å²) in [5, 5.41) is 0. The van der Waals surface area contributed by atoms with E-state index in [1.807, 2.05) is 12.1 Å². The topological polar surface area (TPSA) is 88.5 Å². The maximum atomic E-state index is 11.4. The fraction of sp³-hybridized carbons (Fsp3) is 0.333. The van der Waals surface area contributed by atoms with Crippen molar-refractivity contribution in [1.29, 1.82) is 0 Å². The first-order valence-electron chi connectivity index (χ1n) is 8.08. The third-order valence-electron chi connectivity index (χ3n) is 4.47. The molecule has 1 aliphatic rings. The Morgan fingerprint density at radius 1 is 1.12 bits per heavy atom. The van der Waals surface area contributed by atoms with Crippen molar-refractivity contribution >= 4 is 11.7 Å². The Balaban J connectivity index is 1.72. The molecule has 0 saturated carbocycles. The van der Waals surface area contributed by atoms with Gasteiger partial charge in [0.15, 0.2) is 0 Å². The first kappa shape index (κ1) is 16.4. The third kappa shape index (κ3) is 3.72. The Hall–Kier alpha value is -2.44. The zero-order valence-corrected chi connectivity index (χ0v) is 13.9. The van der Waals surface area contributed by atoms with Crippen LogP contribution in [0.5, 0.6) is 0 Å². The Labute approximate surface area is 142 Å². The van der Waals surface area contributed by atoms with Crippen molar-refractivity contribution < 1.29 is 4.79 Å². The smallest absolute Gasteiger partial charge is 0.252 e. The average Bonchev–Trinajstić information content (AvgIpc) is 2.58. The number of piperazine rings is 1. The highest BCUT2D eigenvalue weighted by Gasteiger charge is 2.14. The molecule has 3 rings (SSSR count). The Bertz CT molecular complexity index is 721. The number of anilines is 1. The number of nitrogens with two attached hydrogens (primary N) is 2. The van der Waals surface area contributed by atoms with Crippen LogP contribution in [0.2, 0.25) is 0 Å². The van der Waals surface area contributed by atoms with Gasteiger partial charge >= 0.3 is 0 Å². The number of rotatable bonds is 4. The number of pyridine rings is 1. The van der Waals surface area contributed by atoms with Gasteiger partial charge in [-0.2, -0.15) is 0 Å². The lowest BCUT2D eigenvalue weighted by molar-refractivity contribution is 0.100. The van der Waals surface area contributed by atoms with Crippen molar-refractivity contribution in [3.8, 4) is 11.1 Å². The van der Waals surface area contributed by atoms with Crippen molar-refractivity contribution in [2.45, 2.75) is 6.54 Å². The molecule has 0 atom stereocenters. The fourth-order valence-electron chi connectivity index (χ4n) is 2.90. The number of amides is 1. The molecule has 6 heteroatoms. The minimum Gasteiger partial charge on any atom is -0.383 e. The molecule has 24 heavy (non-hydrogen) atoms. The molecular weight excluding hydrogens is 302 g/mol. The van der Waals surface area contributed by atoms with Crippen LogP contribution in [-0.4, -0.2) is 53.9 Å². The summed E-state index contributed by atoms with van der Waals surface area (Å²) in [6, 6.07) is 10.0. The molecule has 0 spiro atoms. The summed E-state index contributed by atoms with van der Waals surface area (Å²) in [7, 11) is 2.16. The predicted molar refractivity (Wildman–Crippen MR) is 95.4 cm³/mol. The monoisotopic (exact) mass is 325 g/mol. The second-order valence-corrected chi connectivity index (χ2v) is 6.30. The first-order chi connectivity index (χ1) is 11.5. The number of carbonyl (C=O) groups excluding carboxylic acids is 1. The van der Waals surface area contributed by atoms with E-state index in [1.165, 1.54) is 5.56 Å². The summed E-state index contributed by atoms with van der Waals surface area (Å²) in [4.78, 5) is 20.3. The second-order valence-electron chi connectivity index (χ2n) is 6.30. The summed E-state index contributed by atoms with van der Waals surface area (Å²) in [6.07, 6.45) is 1.66. The van der Waals surface area contributed by atoms with Gasteiger partial charge in [0.05, 0.1) is 5.56 Å². The molecular formula is C18H23N5O. The van der Waals surface area contributed by atoms with Crippen molar-refractivity contribution in [2.75, 3.05) is 39.0 Å². The van der Waals surface area contributed by atoms with E-state index in [9.17, 15) is 4.79 Å². The van der Waals surface area contributed by atoms with E-state index < -0.39 is 5.91 Å². The number of likely N-dealkylation sites (N-methyl/N-ethyl adjacent to an activating group) is 1. The summed E-state index contributed by atoms with van der Waals surface area (Å²) in [5.74, 6) is -0.397. The summed E-state index contributed by atoms with van der Waals surface area (Å²) < 4.78 is 0. The lowest BCUT2D eigenvalue weighted by Gasteiger charge is -2.32. The molecule has 1 fully saturated rings. The van der Waals surface area contributed by atoms with Gasteiger partial charge in [0.25, 0.3) is 5.91 Å². The van der Waals surface area contributed by atoms with Crippen LogP contribution in [0, 0.1) is 0 Å². The van der Waals surface area contributed by atoms with E-state index in [0.29, 0.717) is 0 Å². The van der Waals surface area contributed by atoms with Gasteiger partial charge in [0.1, 0.15) is 5.82 Å². The van der Waals surface area contributed by atoms with Crippen molar-refractivity contribution in [3.05, 3.63) is 47.7 Å². The van der Waals surface area contributed by atoms with Crippen molar-refractivity contribution in [3.63, 3.8) is 0 Å². The van der Waals surface area contributed by atoms with Gasteiger partial charge in [-0.25, -0.2) is 4.98 Å². The third-order valence-corrected chi connectivity index (χ3v) is 4.47. The average molecular weight is 325 g/mol. The molecule has 0 radical (unpaired) electrons. The summed E-state index contributed by atoms with van der Waals surface area (Å²) in [6.45, 7) is 5.39. The molecule has 2 heterocycles. The molecule has 1 aromatic carbocycles. The molecule has 0 unspecified atom stereocenters. The minimum atomic E-state index is -0.562. The van der Waals surface area contributed by atoms with Crippen LogP contribution < -0.4 is 11.5 Å². The van der Waals surface area contributed by atoms with Gasteiger partial charge in [-0.05, 0) is 24.2 Å². The van der Waals surface area contributed by atoms with Gasteiger partial charge in [0.2, 0.25) is 0 Å². The first-order valence-corrected chi connectivity index (χ1v) is 8.08. The molecule has 1 saturated heterocycles. The Morgan fingerprint density at radius 3 is 2.42 bits per heavy atom. The lowest BCUT2D eigenvalue weighted by atomic mass is 10.0. The zero-order chi connectivity index (χ0) is 17.1. The molecule has 4 N–H and O–H groups in total. The van der Waals surface area contributed by atoms with Crippen LogP contribution in [0.15, 0.2) is 36.5 Å². The van der Waals surface area contributed by atoms with Gasteiger partial charge in [-0.3, -0.25) is 9.69 Å². The van der Waals surface area contributed by atoms with Crippen LogP contribution >= 0.6 is 0 Å². The molecule has 0 aliphatic carbocycles. The van der Waals surface area contributed by atoms with Crippen LogP contribution in [0.1, 0.15) is 15.9 Å². The lowest BCUT2D eigenvalue weighted by Crippen LogP contribution is -2.43. The highest BCUT2D eigenvalue weighted by atomic mass is 16.1. The maximum Gasteiger partial charge on any atom is 0.252 e. The quantitative estimate of drug-likeness (QED) is 0.881. The largest absolute Gasteiger partial charge is 0.383 e. The van der Waals surface area contributed by atoms with Crippen LogP contribution in [0.3, 0.4) is 0 Å². The molecule has 1 aliphatic heterocycles. The number of primary amides is 1. The van der Waals surface area contributed by atoms with E-state index >= 15 is 0 Å². The number of hydrogen-bond donors (Lipinski definition) is 2.